The molecule has 0 fully saturated rings. The van der Waals surface area contributed by atoms with E-state index >= 15 is 0 Å². The molecule has 1 amide bonds. The molecule has 0 saturated heterocycles. The molecule has 0 aromatic carbocycles. The molecule has 0 saturated carbocycles. The molecule has 0 aliphatic carbocycles. The Morgan fingerprint density at radius 1 is 1.55 bits per heavy atom. The van der Waals surface area contributed by atoms with Crippen LogP contribution in [0.25, 0.3) is 0 Å². The maximum Gasteiger partial charge on any atom is 0.240 e. The summed E-state index contributed by atoms with van der Waals surface area (Å²) in [6.07, 6.45) is 1.05. The lowest BCUT2D eigenvalue weighted by atomic mass is 10.3. The van der Waals surface area contributed by atoms with Crippen LogP contribution in [0.3, 0.4) is 0 Å². The van der Waals surface area contributed by atoms with Crippen LogP contribution in [0.2, 0.25) is 0 Å². The van der Waals surface area contributed by atoms with Gasteiger partial charge in [0.05, 0.1) is 6.54 Å². The SMILES string of the molecule is CC(C(=O)N(C)Cc1cc(C#CCO)cs1)S(C)(=O)=O. The Balaban J connectivity index is 2.73. The van der Waals surface area contributed by atoms with Gasteiger partial charge in [0, 0.05) is 29.1 Å². The van der Waals surface area contributed by atoms with Crippen LogP contribution >= 0.6 is 11.3 Å². The van der Waals surface area contributed by atoms with Gasteiger partial charge in [0.15, 0.2) is 9.84 Å². The van der Waals surface area contributed by atoms with E-state index < -0.39 is 21.0 Å². The lowest BCUT2D eigenvalue weighted by molar-refractivity contribution is -0.129. The second-order valence-electron chi connectivity index (χ2n) is 4.43. The van der Waals surface area contributed by atoms with Gasteiger partial charge < -0.3 is 10.0 Å². The molecular weight excluding hydrogens is 298 g/mol. The van der Waals surface area contributed by atoms with Crippen LogP contribution in [0, 0.1) is 11.8 Å². The van der Waals surface area contributed by atoms with E-state index in [2.05, 4.69) is 11.8 Å². The number of hydrogen-bond donors (Lipinski definition) is 1. The van der Waals surface area contributed by atoms with Gasteiger partial charge in [0.1, 0.15) is 11.9 Å². The number of carbonyl (C=O) groups is 1. The first-order valence-electron chi connectivity index (χ1n) is 5.86. The smallest absolute Gasteiger partial charge is 0.240 e. The maximum atomic E-state index is 12.0. The molecule has 0 aliphatic heterocycles. The van der Waals surface area contributed by atoms with Crippen molar-refractivity contribution < 1.29 is 18.3 Å². The lowest BCUT2D eigenvalue weighted by Crippen LogP contribution is -2.38. The first-order valence-corrected chi connectivity index (χ1v) is 8.70. The van der Waals surface area contributed by atoms with Crippen molar-refractivity contribution in [3.05, 3.63) is 21.9 Å². The molecule has 20 heavy (non-hydrogen) atoms. The molecule has 1 heterocycles. The topological polar surface area (TPSA) is 74.7 Å². The quantitative estimate of drug-likeness (QED) is 0.820. The minimum Gasteiger partial charge on any atom is -0.384 e. The van der Waals surface area contributed by atoms with Gasteiger partial charge in [-0.3, -0.25) is 4.79 Å². The minimum absolute atomic E-state index is 0.199. The van der Waals surface area contributed by atoms with Crippen molar-refractivity contribution in [2.45, 2.75) is 18.7 Å². The van der Waals surface area contributed by atoms with Crippen molar-refractivity contribution >= 4 is 27.1 Å². The number of rotatable bonds is 4. The summed E-state index contributed by atoms with van der Waals surface area (Å²) in [7, 11) is -1.81. The molecule has 5 nitrogen and oxygen atoms in total. The number of sulfone groups is 1. The zero-order valence-electron chi connectivity index (χ0n) is 11.6. The molecule has 1 aromatic rings. The minimum atomic E-state index is -3.38. The number of nitrogens with zero attached hydrogens (tertiary/aromatic N) is 1. The standard InChI is InChI=1S/C13H17NO4S2/c1-10(20(3,17)18)13(16)14(2)8-12-7-11(9-19-12)5-4-6-15/h7,9-10,15H,6,8H2,1-3H3. The predicted octanol–water partition coefficient (Wildman–Crippen LogP) is 0.483. The first-order chi connectivity index (χ1) is 9.25. The lowest BCUT2D eigenvalue weighted by Gasteiger charge is -2.19. The van der Waals surface area contributed by atoms with Crippen LogP contribution in [-0.4, -0.2) is 49.5 Å². The molecular formula is C13H17NO4S2. The van der Waals surface area contributed by atoms with Crippen LogP contribution in [0.15, 0.2) is 11.4 Å². The highest BCUT2D eigenvalue weighted by atomic mass is 32.2. The summed E-state index contributed by atoms with van der Waals surface area (Å²) in [4.78, 5) is 14.3. The first kappa shape index (κ1) is 16.7. The van der Waals surface area contributed by atoms with Crippen LogP contribution < -0.4 is 0 Å². The average Bonchev–Trinajstić information content (AvgIpc) is 2.80. The summed E-state index contributed by atoms with van der Waals surface area (Å²) in [5, 5.41) is 9.40. The van der Waals surface area contributed by atoms with Crippen molar-refractivity contribution in [1.82, 2.24) is 4.90 Å². The van der Waals surface area contributed by atoms with Crippen LogP contribution in [0.4, 0.5) is 0 Å². The summed E-state index contributed by atoms with van der Waals surface area (Å²) >= 11 is 1.44. The van der Waals surface area contributed by atoms with E-state index in [0.717, 1.165) is 16.7 Å². The Morgan fingerprint density at radius 2 is 2.20 bits per heavy atom. The molecule has 1 rings (SSSR count). The second kappa shape index (κ2) is 6.88. The average molecular weight is 315 g/mol. The Kier molecular flexibility index (Phi) is 5.74. The zero-order valence-corrected chi connectivity index (χ0v) is 13.2. The Hall–Kier alpha value is -1.36. The monoisotopic (exact) mass is 315 g/mol. The van der Waals surface area contributed by atoms with Gasteiger partial charge in [0.25, 0.3) is 0 Å². The van der Waals surface area contributed by atoms with E-state index in [4.69, 9.17) is 5.11 Å². The molecule has 0 spiro atoms. The van der Waals surface area contributed by atoms with Gasteiger partial charge in [-0.05, 0) is 13.0 Å². The molecule has 7 heteroatoms. The predicted molar refractivity (Wildman–Crippen MR) is 79.1 cm³/mol. The van der Waals surface area contributed by atoms with Gasteiger partial charge in [-0.15, -0.1) is 11.3 Å². The van der Waals surface area contributed by atoms with Crippen LogP contribution in [-0.2, 0) is 21.2 Å². The molecule has 1 N–H and O–H groups in total. The maximum absolute atomic E-state index is 12.0. The third kappa shape index (κ3) is 4.63. The Morgan fingerprint density at radius 3 is 2.75 bits per heavy atom. The summed E-state index contributed by atoms with van der Waals surface area (Å²) in [5.74, 6) is 4.89. The number of carbonyl (C=O) groups excluding carboxylic acids is 1. The van der Waals surface area contributed by atoms with Crippen LogP contribution in [0.1, 0.15) is 17.4 Å². The summed E-state index contributed by atoms with van der Waals surface area (Å²) in [6.45, 7) is 1.53. The molecule has 0 bridgehead atoms. The highest BCUT2D eigenvalue weighted by Gasteiger charge is 2.26. The molecule has 1 atom stereocenters. The van der Waals surface area contributed by atoms with Crippen molar-refractivity contribution in [1.29, 1.82) is 0 Å². The van der Waals surface area contributed by atoms with E-state index in [1.165, 1.54) is 23.2 Å². The van der Waals surface area contributed by atoms with E-state index in [1.807, 2.05) is 11.4 Å². The zero-order chi connectivity index (χ0) is 15.3. The Labute approximate surface area is 123 Å². The van der Waals surface area contributed by atoms with Gasteiger partial charge in [-0.1, -0.05) is 11.8 Å². The third-order valence-electron chi connectivity index (χ3n) is 2.72. The number of amides is 1. The largest absolute Gasteiger partial charge is 0.384 e. The summed E-state index contributed by atoms with van der Waals surface area (Å²) < 4.78 is 22.7. The molecule has 0 aliphatic rings. The molecule has 110 valence electrons. The fraction of sp³-hybridized carbons (Fsp3) is 0.462. The van der Waals surface area contributed by atoms with Gasteiger partial charge in [-0.25, -0.2) is 8.42 Å². The number of aliphatic hydroxyl groups excluding tert-OH is 1. The van der Waals surface area contributed by atoms with E-state index in [0.29, 0.717) is 6.54 Å². The molecule has 1 unspecified atom stereocenters. The Bertz CT molecular complexity index is 637. The number of thiophene rings is 1. The summed E-state index contributed by atoms with van der Waals surface area (Å²) in [6, 6.07) is 1.82. The number of hydrogen-bond acceptors (Lipinski definition) is 5. The highest BCUT2D eigenvalue weighted by Crippen LogP contribution is 2.16. The van der Waals surface area contributed by atoms with Crippen LogP contribution in [0.5, 0.6) is 0 Å². The van der Waals surface area contributed by atoms with Gasteiger partial charge in [-0.2, -0.15) is 0 Å². The molecule has 0 radical (unpaired) electrons. The highest BCUT2D eigenvalue weighted by molar-refractivity contribution is 7.92. The normalized spacial score (nSPS) is 12.4. The van der Waals surface area contributed by atoms with Gasteiger partial charge in [0.2, 0.25) is 5.91 Å². The van der Waals surface area contributed by atoms with E-state index in [9.17, 15) is 13.2 Å². The van der Waals surface area contributed by atoms with Crippen molar-refractivity contribution in [2.24, 2.45) is 0 Å². The second-order valence-corrected chi connectivity index (χ2v) is 7.79. The van der Waals surface area contributed by atoms with Gasteiger partial charge >= 0.3 is 0 Å². The molecule has 1 aromatic heterocycles. The van der Waals surface area contributed by atoms with E-state index in [1.54, 1.807) is 7.05 Å². The van der Waals surface area contributed by atoms with Crippen molar-refractivity contribution in [3.8, 4) is 11.8 Å². The van der Waals surface area contributed by atoms with Crippen molar-refractivity contribution in [3.63, 3.8) is 0 Å². The fourth-order valence-corrected chi connectivity index (χ4v) is 2.89. The fourth-order valence-electron chi connectivity index (χ4n) is 1.48. The number of aliphatic hydroxyl groups is 1. The third-order valence-corrected chi connectivity index (χ3v) is 5.13. The summed E-state index contributed by atoms with van der Waals surface area (Å²) in [5.41, 5.74) is 0.774. The van der Waals surface area contributed by atoms with E-state index in [-0.39, 0.29) is 6.61 Å². The van der Waals surface area contributed by atoms with Crippen molar-refractivity contribution in [2.75, 3.05) is 19.9 Å².